The molecule has 1 aromatic heterocycles. The number of rotatable bonds is 26. The van der Waals surface area contributed by atoms with Crippen molar-refractivity contribution < 1.29 is 41.8 Å². The maximum Gasteiger partial charge on any atom is 0.336 e. The molecule has 0 radical (unpaired) electrons. The lowest BCUT2D eigenvalue weighted by atomic mass is 10.1. The number of likely N-dealkylation sites (N-methyl/N-ethyl adjacent to an activating group) is 2. The molecule has 0 aliphatic heterocycles. The molecular formula is C29H46N6O11S2. The molecule has 0 fully saturated rings. The van der Waals surface area contributed by atoms with Crippen LogP contribution in [0.1, 0.15) is 31.4 Å². The summed E-state index contributed by atoms with van der Waals surface area (Å²) in [7, 11) is -3.93. The molecule has 0 spiro atoms. The van der Waals surface area contributed by atoms with Gasteiger partial charge in [0, 0.05) is 25.3 Å². The number of hydrogen-bond donors (Lipinski definition) is 1. The van der Waals surface area contributed by atoms with Crippen LogP contribution in [0.25, 0.3) is 0 Å². The van der Waals surface area contributed by atoms with E-state index in [1.54, 1.807) is 6.07 Å². The zero-order chi connectivity index (χ0) is 35.5. The topological polar surface area (TPSA) is 209 Å². The fraction of sp³-hybridized carbons (Fsp3) is 0.655. The molecule has 17 nitrogen and oxygen atoms in total. The molecule has 48 heavy (non-hydrogen) atoms. The van der Waals surface area contributed by atoms with E-state index in [1.807, 2.05) is 32.9 Å². The molecule has 270 valence electrons. The molecule has 1 aromatic carbocycles. The van der Waals surface area contributed by atoms with Crippen molar-refractivity contribution in [2.24, 2.45) is 10.2 Å². The molecule has 1 heterocycles. The van der Waals surface area contributed by atoms with E-state index in [0.29, 0.717) is 95.9 Å². The number of hydrogen-bond acceptors (Lipinski definition) is 15. The second-order valence-corrected chi connectivity index (χ2v) is 13.0. The second-order valence-electron chi connectivity index (χ2n) is 10.5. The van der Waals surface area contributed by atoms with Gasteiger partial charge in [0.25, 0.3) is 10.1 Å². The van der Waals surface area contributed by atoms with Crippen molar-refractivity contribution in [3.8, 4) is 0 Å². The van der Waals surface area contributed by atoms with Crippen LogP contribution in [-0.4, -0.2) is 119 Å². The zero-order valence-electron chi connectivity index (χ0n) is 27.9. The molecule has 2 aromatic rings. The first-order chi connectivity index (χ1) is 22.9. The Kier molecular flexibility index (Phi) is 18.6. The van der Waals surface area contributed by atoms with Crippen LogP contribution in [0.3, 0.4) is 0 Å². The third-order valence-corrected chi connectivity index (χ3v) is 9.01. The van der Waals surface area contributed by atoms with Gasteiger partial charge in [0.05, 0.1) is 74.1 Å². The SMILES string of the molecule is CCN(CCCS(=O)(=O)O)CCOCCOCCOCCOCCN(CC)c1ccc(/N=N/c2sc([N+](=O)[O-])c(C)c2[N+](=O)[O-])c(C)c1. The maximum absolute atomic E-state index is 11.4. The Bertz CT molecular complexity index is 1440. The minimum atomic E-state index is -3.93. The summed E-state index contributed by atoms with van der Waals surface area (Å²) < 4.78 is 52.8. The molecule has 19 heteroatoms. The molecular weight excluding hydrogens is 672 g/mol. The summed E-state index contributed by atoms with van der Waals surface area (Å²) in [6.07, 6.45) is 0.373. The number of ether oxygens (including phenoxy) is 4. The molecule has 0 aliphatic carbocycles. The summed E-state index contributed by atoms with van der Waals surface area (Å²) in [5, 5.41) is 30.3. The lowest BCUT2D eigenvalue weighted by Crippen LogP contribution is -2.30. The van der Waals surface area contributed by atoms with Gasteiger partial charge in [-0.2, -0.15) is 8.42 Å². The molecule has 1 N–H and O–H groups in total. The van der Waals surface area contributed by atoms with Crippen LogP contribution in [0.2, 0.25) is 0 Å². The molecule has 0 unspecified atom stereocenters. The molecule has 0 saturated carbocycles. The van der Waals surface area contributed by atoms with E-state index in [2.05, 4.69) is 20.0 Å². The second kappa shape index (κ2) is 21.7. The van der Waals surface area contributed by atoms with Crippen molar-refractivity contribution >= 4 is 48.5 Å². The lowest BCUT2D eigenvalue weighted by Gasteiger charge is -2.23. The first-order valence-electron chi connectivity index (χ1n) is 15.6. The van der Waals surface area contributed by atoms with Crippen molar-refractivity contribution in [1.82, 2.24) is 4.90 Å². The zero-order valence-corrected chi connectivity index (χ0v) is 29.5. The van der Waals surface area contributed by atoms with Crippen LogP contribution in [0.5, 0.6) is 0 Å². The monoisotopic (exact) mass is 718 g/mol. The van der Waals surface area contributed by atoms with E-state index >= 15 is 0 Å². The molecule has 0 saturated heterocycles. The fourth-order valence-electron chi connectivity index (χ4n) is 4.48. The van der Waals surface area contributed by atoms with Crippen LogP contribution < -0.4 is 4.90 Å². The summed E-state index contributed by atoms with van der Waals surface area (Å²) >= 11 is 0.624. The van der Waals surface area contributed by atoms with Gasteiger partial charge in [0.15, 0.2) is 0 Å². The summed E-state index contributed by atoms with van der Waals surface area (Å²) in [4.78, 5) is 25.5. The number of thiophene rings is 1. The largest absolute Gasteiger partial charge is 0.378 e. The number of nitrogens with zero attached hydrogens (tertiary/aromatic N) is 6. The Morgan fingerprint density at radius 3 is 1.92 bits per heavy atom. The van der Waals surface area contributed by atoms with Crippen molar-refractivity contribution in [1.29, 1.82) is 0 Å². The standard InChI is InChI=1S/C29H46N6O11S2/c1-5-32(10-7-21-48(40,41)42)11-13-43-15-17-45-19-20-46-18-16-44-14-12-33(6-2)25-8-9-26(23(3)22-25)30-31-28-27(34(36)37)24(4)29(47-28)35(38)39/h8-9,22H,5-7,10-21H2,1-4H3,(H,40,41,42)/b31-30+. The van der Waals surface area contributed by atoms with E-state index in [9.17, 15) is 28.6 Å². The minimum absolute atomic E-state index is 0.0420. The van der Waals surface area contributed by atoms with Gasteiger partial charge >= 0.3 is 10.7 Å². The van der Waals surface area contributed by atoms with E-state index in [1.165, 1.54) is 6.92 Å². The van der Waals surface area contributed by atoms with Crippen LogP contribution >= 0.6 is 11.3 Å². The van der Waals surface area contributed by atoms with Gasteiger partial charge < -0.3 is 28.7 Å². The molecule has 0 amide bonds. The van der Waals surface area contributed by atoms with Crippen LogP contribution in [0.4, 0.5) is 27.1 Å². The smallest absolute Gasteiger partial charge is 0.336 e. The van der Waals surface area contributed by atoms with Crippen molar-refractivity contribution in [3.05, 3.63) is 49.6 Å². The van der Waals surface area contributed by atoms with E-state index in [-0.39, 0.29) is 21.3 Å². The number of benzene rings is 1. The van der Waals surface area contributed by atoms with Crippen LogP contribution in [-0.2, 0) is 29.1 Å². The van der Waals surface area contributed by atoms with Gasteiger partial charge in [0.2, 0.25) is 5.00 Å². The first-order valence-corrected chi connectivity index (χ1v) is 18.0. The minimum Gasteiger partial charge on any atom is -0.378 e. The summed E-state index contributed by atoms with van der Waals surface area (Å²) in [5.41, 5.74) is 1.78. The van der Waals surface area contributed by atoms with Gasteiger partial charge in [-0.3, -0.25) is 24.8 Å². The van der Waals surface area contributed by atoms with Crippen LogP contribution in [0, 0.1) is 34.1 Å². The summed E-state index contributed by atoms with van der Waals surface area (Å²) in [6, 6.07) is 5.55. The highest BCUT2D eigenvalue weighted by Gasteiger charge is 2.31. The lowest BCUT2D eigenvalue weighted by molar-refractivity contribution is -0.390. The Morgan fingerprint density at radius 2 is 1.42 bits per heavy atom. The molecule has 0 bridgehead atoms. The van der Waals surface area contributed by atoms with Gasteiger partial charge in [-0.05, 0) is 75.4 Å². The normalized spacial score (nSPS) is 12.0. The van der Waals surface area contributed by atoms with Gasteiger partial charge in [-0.15, -0.1) is 10.2 Å². The van der Waals surface area contributed by atoms with Gasteiger partial charge in [0.1, 0.15) is 5.56 Å². The van der Waals surface area contributed by atoms with Crippen molar-refractivity contribution in [2.45, 2.75) is 34.1 Å². The quantitative estimate of drug-likeness (QED) is 0.0442. The number of aryl methyl sites for hydroxylation is 1. The summed E-state index contributed by atoms with van der Waals surface area (Å²) in [6.45, 7) is 14.2. The van der Waals surface area contributed by atoms with E-state index in [0.717, 1.165) is 24.3 Å². The van der Waals surface area contributed by atoms with E-state index in [4.69, 9.17) is 23.5 Å². The average Bonchev–Trinajstić information content (AvgIpc) is 3.37. The molecule has 0 aliphatic rings. The average molecular weight is 719 g/mol. The van der Waals surface area contributed by atoms with E-state index < -0.39 is 25.7 Å². The first kappa shape index (κ1) is 41.0. The highest BCUT2D eigenvalue weighted by molar-refractivity contribution is 7.85. The van der Waals surface area contributed by atoms with Gasteiger partial charge in [-0.25, -0.2) is 0 Å². The Labute approximate surface area is 284 Å². The van der Waals surface area contributed by atoms with Crippen molar-refractivity contribution in [3.63, 3.8) is 0 Å². The van der Waals surface area contributed by atoms with Crippen LogP contribution in [0.15, 0.2) is 28.4 Å². The number of anilines is 1. The highest BCUT2D eigenvalue weighted by atomic mass is 32.2. The Morgan fingerprint density at radius 1 is 0.833 bits per heavy atom. The predicted octanol–water partition coefficient (Wildman–Crippen LogP) is 5.09. The van der Waals surface area contributed by atoms with Crippen molar-refractivity contribution in [2.75, 3.05) is 96.2 Å². The molecule has 2 rings (SSSR count). The molecule has 0 atom stereocenters. The number of nitro groups is 2. The maximum atomic E-state index is 11.4. The van der Waals surface area contributed by atoms with Gasteiger partial charge in [-0.1, -0.05) is 6.92 Å². The predicted molar refractivity (Wildman–Crippen MR) is 182 cm³/mol. The number of azo groups is 1. The Hall–Kier alpha value is -3.17. The third-order valence-electron chi connectivity index (χ3n) is 7.09. The Balaban J connectivity index is 1.61. The fourth-order valence-corrected chi connectivity index (χ4v) is 5.89. The third kappa shape index (κ3) is 14.9. The summed E-state index contributed by atoms with van der Waals surface area (Å²) in [5.74, 6) is -0.243. The highest BCUT2D eigenvalue weighted by Crippen LogP contribution is 2.46.